The molecule has 1 saturated heterocycles. The number of aliphatic hydroxyl groups is 1. The Morgan fingerprint density at radius 3 is 2.50 bits per heavy atom. The van der Waals surface area contributed by atoms with Crippen LogP contribution in [0.4, 0.5) is 13.2 Å². The molecular weight excluding hydrogens is 471 g/mol. The first kappa shape index (κ1) is 25.1. The highest BCUT2D eigenvalue weighted by molar-refractivity contribution is 7.88. The maximum absolute atomic E-state index is 13.4. The van der Waals surface area contributed by atoms with Crippen molar-refractivity contribution in [2.24, 2.45) is 5.73 Å². The zero-order valence-electron chi connectivity index (χ0n) is 19.1. The van der Waals surface area contributed by atoms with Crippen LogP contribution < -0.4 is 5.73 Å². The zero-order chi connectivity index (χ0) is 24.7. The molecule has 8 nitrogen and oxygen atoms in total. The Balaban J connectivity index is 1.72. The molecule has 2 aliphatic heterocycles. The number of hydrogen-bond acceptors (Lipinski definition) is 6. The standard InChI is InChI=1S/C22H30F3N5O3S/c1-34(32,33)29-9-6-20-18(14-29)21(15-4-5-19(22(23,24)25)16(10-15)11-26)27-30(20)13-17(31)12-28-7-2-3-8-28/h4-5,10,17,31H,2-3,6-9,11-14,26H2,1H3. The summed E-state index contributed by atoms with van der Waals surface area (Å²) < 4.78 is 67.5. The first-order valence-electron chi connectivity index (χ1n) is 11.3. The summed E-state index contributed by atoms with van der Waals surface area (Å²) >= 11 is 0. The number of β-amino-alcohol motifs (C(OH)–C–C–N with tert-alkyl or cyclic N) is 1. The van der Waals surface area contributed by atoms with Crippen LogP contribution >= 0.6 is 0 Å². The summed E-state index contributed by atoms with van der Waals surface area (Å²) in [6, 6.07) is 3.70. The molecule has 0 radical (unpaired) electrons. The predicted molar refractivity (Wildman–Crippen MR) is 121 cm³/mol. The van der Waals surface area contributed by atoms with Crippen LogP contribution in [0.5, 0.6) is 0 Å². The van der Waals surface area contributed by atoms with Gasteiger partial charge in [-0.05, 0) is 43.6 Å². The lowest BCUT2D eigenvalue weighted by molar-refractivity contribution is -0.138. The summed E-state index contributed by atoms with van der Waals surface area (Å²) in [7, 11) is -3.46. The van der Waals surface area contributed by atoms with Crippen LogP contribution in [0.25, 0.3) is 11.3 Å². The molecule has 0 bridgehead atoms. The summed E-state index contributed by atoms with van der Waals surface area (Å²) in [6.07, 6.45) is -1.46. The van der Waals surface area contributed by atoms with Crippen molar-refractivity contribution in [3.63, 3.8) is 0 Å². The molecule has 2 aromatic rings. The van der Waals surface area contributed by atoms with Crippen molar-refractivity contribution >= 4 is 10.0 Å². The largest absolute Gasteiger partial charge is 0.416 e. The first-order valence-corrected chi connectivity index (χ1v) is 13.2. The van der Waals surface area contributed by atoms with E-state index in [-0.39, 0.29) is 31.7 Å². The molecule has 12 heteroatoms. The average Bonchev–Trinajstić information content (AvgIpc) is 3.39. The van der Waals surface area contributed by atoms with E-state index >= 15 is 0 Å². The van der Waals surface area contributed by atoms with Crippen LogP contribution in [0.1, 0.15) is 35.2 Å². The van der Waals surface area contributed by atoms with Crippen molar-refractivity contribution in [1.29, 1.82) is 0 Å². The van der Waals surface area contributed by atoms with Crippen molar-refractivity contribution in [3.8, 4) is 11.3 Å². The van der Waals surface area contributed by atoms with Gasteiger partial charge in [-0.2, -0.15) is 22.6 Å². The SMILES string of the molecule is CS(=O)(=O)N1CCc2c(c(-c3ccc(C(F)(F)F)c(CN)c3)nn2CC(O)CN2CCCC2)C1. The molecule has 4 rings (SSSR count). The lowest BCUT2D eigenvalue weighted by atomic mass is 9.97. The molecule has 1 fully saturated rings. The molecule has 188 valence electrons. The third-order valence-electron chi connectivity index (χ3n) is 6.52. The topological polar surface area (TPSA) is 105 Å². The number of nitrogens with two attached hydrogens (primary N) is 1. The highest BCUT2D eigenvalue weighted by atomic mass is 32.2. The van der Waals surface area contributed by atoms with Gasteiger partial charge < -0.3 is 15.7 Å². The minimum Gasteiger partial charge on any atom is -0.390 e. The Hall–Kier alpha value is -1.99. The molecule has 1 aromatic heterocycles. The van der Waals surface area contributed by atoms with Gasteiger partial charge in [0, 0.05) is 49.4 Å². The maximum atomic E-state index is 13.4. The van der Waals surface area contributed by atoms with Gasteiger partial charge in [0.1, 0.15) is 0 Å². The zero-order valence-corrected chi connectivity index (χ0v) is 19.9. The minimum atomic E-state index is -4.53. The number of halogens is 3. The van der Waals surface area contributed by atoms with E-state index in [0.717, 1.165) is 43.9 Å². The number of benzene rings is 1. The number of aromatic nitrogens is 2. The molecule has 0 amide bonds. The Morgan fingerprint density at radius 2 is 1.88 bits per heavy atom. The molecule has 0 aliphatic carbocycles. The van der Waals surface area contributed by atoms with Gasteiger partial charge in [0.05, 0.1) is 30.2 Å². The van der Waals surface area contributed by atoms with Crippen LogP contribution in [-0.4, -0.2) is 71.0 Å². The molecule has 2 aliphatic rings. The quantitative estimate of drug-likeness (QED) is 0.600. The second-order valence-corrected chi connectivity index (χ2v) is 11.0. The summed E-state index contributed by atoms with van der Waals surface area (Å²) in [5.74, 6) is 0. The summed E-state index contributed by atoms with van der Waals surface area (Å²) in [5.41, 5.74) is 7.05. The van der Waals surface area contributed by atoms with Gasteiger partial charge in [-0.3, -0.25) is 4.68 Å². The number of sulfonamides is 1. The smallest absolute Gasteiger partial charge is 0.390 e. The number of hydrogen-bond donors (Lipinski definition) is 2. The molecule has 1 unspecified atom stereocenters. The highest BCUT2D eigenvalue weighted by Crippen LogP contribution is 2.36. The highest BCUT2D eigenvalue weighted by Gasteiger charge is 2.34. The fraction of sp³-hybridized carbons (Fsp3) is 0.591. The molecule has 3 heterocycles. The van der Waals surface area contributed by atoms with Crippen LogP contribution in [0, 0.1) is 0 Å². The second kappa shape index (κ2) is 9.57. The molecule has 1 aromatic carbocycles. The fourth-order valence-electron chi connectivity index (χ4n) is 4.84. The van der Waals surface area contributed by atoms with Gasteiger partial charge >= 0.3 is 6.18 Å². The minimum absolute atomic E-state index is 0.0573. The van der Waals surface area contributed by atoms with E-state index in [4.69, 9.17) is 5.73 Å². The number of likely N-dealkylation sites (tertiary alicyclic amines) is 1. The number of fused-ring (bicyclic) bond motifs is 1. The van der Waals surface area contributed by atoms with E-state index in [2.05, 4.69) is 10.00 Å². The van der Waals surface area contributed by atoms with Crippen molar-refractivity contribution in [3.05, 3.63) is 40.6 Å². The monoisotopic (exact) mass is 501 g/mol. The Bertz CT molecular complexity index is 1140. The van der Waals surface area contributed by atoms with Gasteiger partial charge in [-0.15, -0.1) is 0 Å². The van der Waals surface area contributed by atoms with E-state index in [0.29, 0.717) is 29.8 Å². The Labute approximate surface area is 197 Å². The van der Waals surface area contributed by atoms with Crippen molar-refractivity contribution in [2.45, 2.75) is 51.2 Å². The first-order chi connectivity index (χ1) is 16.0. The summed E-state index contributed by atoms with van der Waals surface area (Å²) in [6.45, 7) is 2.67. The molecular formula is C22H30F3N5O3S. The predicted octanol–water partition coefficient (Wildman–Crippen LogP) is 1.80. The molecule has 1 atom stereocenters. The van der Waals surface area contributed by atoms with Crippen LogP contribution in [0.2, 0.25) is 0 Å². The third-order valence-corrected chi connectivity index (χ3v) is 7.77. The van der Waals surface area contributed by atoms with E-state index in [1.165, 1.54) is 16.4 Å². The molecule has 0 spiro atoms. The lowest BCUT2D eigenvalue weighted by Crippen LogP contribution is -2.37. The second-order valence-electron chi connectivity index (χ2n) is 9.04. The van der Waals surface area contributed by atoms with Gasteiger partial charge in [0.25, 0.3) is 0 Å². The van der Waals surface area contributed by atoms with Crippen LogP contribution in [0.15, 0.2) is 18.2 Å². The van der Waals surface area contributed by atoms with E-state index in [1.54, 1.807) is 4.68 Å². The van der Waals surface area contributed by atoms with Gasteiger partial charge in [-0.25, -0.2) is 8.42 Å². The number of nitrogens with zero attached hydrogens (tertiary/aromatic N) is 4. The number of alkyl halides is 3. The summed E-state index contributed by atoms with van der Waals surface area (Å²) in [4.78, 5) is 2.19. The number of aliphatic hydroxyl groups excluding tert-OH is 1. The van der Waals surface area contributed by atoms with Crippen molar-refractivity contribution in [2.75, 3.05) is 32.4 Å². The summed E-state index contributed by atoms with van der Waals surface area (Å²) in [5, 5.41) is 15.3. The fourth-order valence-corrected chi connectivity index (χ4v) is 5.63. The van der Waals surface area contributed by atoms with E-state index < -0.39 is 27.9 Å². The Morgan fingerprint density at radius 1 is 1.18 bits per heavy atom. The lowest BCUT2D eigenvalue weighted by Gasteiger charge is -2.26. The van der Waals surface area contributed by atoms with Crippen LogP contribution in [-0.2, 0) is 42.3 Å². The molecule has 0 saturated carbocycles. The molecule has 3 N–H and O–H groups in total. The van der Waals surface area contributed by atoms with Crippen molar-refractivity contribution < 1.29 is 26.7 Å². The van der Waals surface area contributed by atoms with E-state index in [9.17, 15) is 26.7 Å². The third kappa shape index (κ3) is 5.30. The van der Waals surface area contributed by atoms with Crippen molar-refractivity contribution in [1.82, 2.24) is 19.0 Å². The number of rotatable bonds is 7. The van der Waals surface area contributed by atoms with Gasteiger partial charge in [-0.1, -0.05) is 6.07 Å². The normalized spacial score (nSPS) is 18.9. The van der Waals surface area contributed by atoms with E-state index in [1.807, 2.05) is 0 Å². The van der Waals surface area contributed by atoms with Gasteiger partial charge in [0.15, 0.2) is 0 Å². The van der Waals surface area contributed by atoms with Gasteiger partial charge in [0.2, 0.25) is 10.0 Å². The molecule has 34 heavy (non-hydrogen) atoms. The average molecular weight is 502 g/mol. The Kier molecular flexibility index (Phi) is 7.07. The van der Waals surface area contributed by atoms with Crippen LogP contribution in [0.3, 0.4) is 0 Å². The maximum Gasteiger partial charge on any atom is 0.416 e.